The quantitative estimate of drug-likeness (QED) is 0.407. The summed E-state index contributed by atoms with van der Waals surface area (Å²) in [5.74, 6) is 0. The van der Waals surface area contributed by atoms with Crippen molar-refractivity contribution in [2.24, 2.45) is 0 Å². The summed E-state index contributed by atoms with van der Waals surface area (Å²) in [5.41, 5.74) is 0. The molecule has 0 aliphatic rings. The first kappa shape index (κ1) is 12.6. The van der Waals surface area contributed by atoms with Gasteiger partial charge in [0.05, 0.1) is 0 Å². The van der Waals surface area contributed by atoms with Gasteiger partial charge in [-0.05, 0) is 0 Å². The van der Waals surface area contributed by atoms with E-state index in [1.165, 1.54) is 0 Å². The van der Waals surface area contributed by atoms with E-state index in [-0.39, 0.29) is 0 Å². The molecule has 0 aromatic carbocycles. The molecule has 12 heteroatoms. The summed E-state index contributed by atoms with van der Waals surface area (Å²) in [6.45, 7) is 0. The Morgan fingerprint density at radius 3 is 1.33 bits per heavy atom. The summed E-state index contributed by atoms with van der Waals surface area (Å²) in [7, 11) is -13.3. The molecular formula is H5O9P3. The van der Waals surface area contributed by atoms with Crippen molar-refractivity contribution in [1.82, 2.24) is 0 Å². The van der Waals surface area contributed by atoms with E-state index in [1.54, 1.807) is 0 Å². The third-order valence-electron chi connectivity index (χ3n) is 0.352. The minimum atomic E-state index is -5.00. The Labute approximate surface area is 67.4 Å². The zero-order chi connectivity index (χ0) is 9.99. The molecule has 0 radical (unpaired) electrons. The molecule has 5 N–H and O–H groups in total. The van der Waals surface area contributed by atoms with Gasteiger partial charge in [-0.3, -0.25) is 0 Å². The monoisotopic (exact) mass is 242 g/mol. The van der Waals surface area contributed by atoms with Crippen LogP contribution in [0.4, 0.5) is 0 Å². The molecule has 0 heterocycles. The fraction of sp³-hybridized carbons (Fsp3) is 0. The Kier molecular flexibility index (Phi) is 4.43. The first-order chi connectivity index (χ1) is 5.10. The first-order valence-electron chi connectivity index (χ1n) is 2.10. The van der Waals surface area contributed by atoms with Crippen LogP contribution in [0.15, 0.2) is 0 Å². The Balaban J connectivity index is 4.00. The summed E-state index contributed by atoms with van der Waals surface area (Å²) >= 11 is 0. The van der Waals surface area contributed by atoms with Crippen LogP contribution in [-0.2, 0) is 17.8 Å². The van der Waals surface area contributed by atoms with Gasteiger partial charge in [0, 0.05) is 0 Å². The lowest BCUT2D eigenvalue weighted by atomic mass is 15.7. The highest BCUT2D eigenvalue weighted by atomic mass is 31.3. The van der Waals surface area contributed by atoms with E-state index >= 15 is 0 Å². The standard InChI is InChI=1S/H5O9P3/c1-10(8-11(2,3)4)9-12(5,6)7/h1H,(H2,2,3,4)(H2,5,6,7). The van der Waals surface area contributed by atoms with Gasteiger partial charge in [-0.2, -0.15) is 0 Å². The SMILES string of the molecule is O=P(O)(O)OP(O)OP(=O)(O)O. The Hall–Kier alpha value is 0.610. The molecule has 0 atom stereocenters. The molecule has 0 fully saturated rings. The lowest BCUT2D eigenvalue weighted by Crippen LogP contribution is -1.87. The van der Waals surface area contributed by atoms with Crippen LogP contribution >= 0.6 is 24.2 Å². The minimum Gasteiger partial charge on any atom is -0.327 e. The number of hydrogen-bond donors (Lipinski definition) is 5. The molecule has 0 aliphatic heterocycles. The summed E-state index contributed by atoms with van der Waals surface area (Å²) in [5, 5.41) is 0. The number of hydrogen-bond acceptors (Lipinski definition) is 5. The summed E-state index contributed by atoms with van der Waals surface area (Å²) in [4.78, 5) is 40.3. The highest BCUT2D eigenvalue weighted by molar-refractivity contribution is 7.63. The van der Waals surface area contributed by atoms with Crippen LogP contribution in [0.2, 0.25) is 0 Å². The second-order valence-corrected chi connectivity index (χ2v) is 5.13. The van der Waals surface area contributed by atoms with Crippen LogP contribution in [0.5, 0.6) is 0 Å². The van der Waals surface area contributed by atoms with Crippen molar-refractivity contribution in [1.29, 1.82) is 0 Å². The summed E-state index contributed by atoms with van der Waals surface area (Å²) in [6.07, 6.45) is 0. The lowest BCUT2D eigenvalue weighted by molar-refractivity contribution is 0.238. The second kappa shape index (κ2) is 4.21. The fourth-order valence-corrected chi connectivity index (χ4v) is 2.04. The number of rotatable bonds is 4. The zero-order valence-electron chi connectivity index (χ0n) is 5.21. The van der Waals surface area contributed by atoms with E-state index in [2.05, 4.69) is 8.62 Å². The summed E-state index contributed by atoms with van der Waals surface area (Å²) < 4.78 is 26.6. The average molecular weight is 242 g/mol. The van der Waals surface area contributed by atoms with Gasteiger partial charge in [0.15, 0.2) is 0 Å². The second-order valence-electron chi connectivity index (χ2n) is 1.38. The Morgan fingerprint density at radius 2 is 1.17 bits per heavy atom. The van der Waals surface area contributed by atoms with Gasteiger partial charge in [0.25, 0.3) is 0 Å². The van der Waals surface area contributed by atoms with Gasteiger partial charge in [-0.25, -0.2) is 17.8 Å². The molecular weight excluding hydrogens is 237 g/mol. The molecule has 0 saturated heterocycles. The summed E-state index contributed by atoms with van der Waals surface area (Å²) in [6, 6.07) is 0. The van der Waals surface area contributed by atoms with Crippen molar-refractivity contribution in [2.75, 3.05) is 0 Å². The van der Waals surface area contributed by atoms with Gasteiger partial charge >= 0.3 is 24.2 Å². The Morgan fingerprint density at radius 1 is 0.917 bits per heavy atom. The van der Waals surface area contributed by atoms with Crippen LogP contribution < -0.4 is 0 Å². The van der Waals surface area contributed by atoms with Gasteiger partial charge < -0.3 is 24.5 Å². The molecule has 0 rings (SSSR count). The zero-order valence-corrected chi connectivity index (χ0v) is 7.89. The van der Waals surface area contributed by atoms with Crippen LogP contribution in [0.3, 0.4) is 0 Å². The predicted molar refractivity (Wildman–Crippen MR) is 35.4 cm³/mol. The predicted octanol–water partition coefficient (Wildman–Crippen LogP) is -0.576. The van der Waals surface area contributed by atoms with Crippen LogP contribution in [0.25, 0.3) is 0 Å². The van der Waals surface area contributed by atoms with E-state index < -0.39 is 24.2 Å². The molecule has 0 bridgehead atoms. The highest BCUT2D eigenvalue weighted by Gasteiger charge is 2.29. The largest absolute Gasteiger partial charge is 0.476 e. The van der Waals surface area contributed by atoms with Crippen LogP contribution in [0.1, 0.15) is 0 Å². The average Bonchev–Trinajstić information content (AvgIpc) is 1.49. The molecule has 0 aromatic rings. The lowest BCUT2D eigenvalue weighted by Gasteiger charge is -2.10. The van der Waals surface area contributed by atoms with Crippen LogP contribution in [0, 0.1) is 0 Å². The van der Waals surface area contributed by atoms with Gasteiger partial charge in [0.1, 0.15) is 0 Å². The normalized spacial score (nSPS) is 13.8. The molecule has 12 heavy (non-hydrogen) atoms. The van der Waals surface area contributed by atoms with Crippen molar-refractivity contribution in [2.45, 2.75) is 0 Å². The van der Waals surface area contributed by atoms with Gasteiger partial charge in [0.2, 0.25) is 0 Å². The topological polar surface area (TPSA) is 154 Å². The molecule has 0 unspecified atom stereocenters. The third-order valence-corrected chi connectivity index (χ3v) is 3.17. The molecule has 0 aliphatic carbocycles. The van der Waals surface area contributed by atoms with E-state index in [0.29, 0.717) is 0 Å². The first-order valence-corrected chi connectivity index (χ1v) is 6.29. The molecule has 0 spiro atoms. The van der Waals surface area contributed by atoms with Crippen molar-refractivity contribution >= 4 is 24.2 Å². The van der Waals surface area contributed by atoms with Crippen molar-refractivity contribution < 1.29 is 42.2 Å². The molecule has 0 aromatic heterocycles. The van der Waals surface area contributed by atoms with Gasteiger partial charge in [-0.15, -0.1) is 0 Å². The van der Waals surface area contributed by atoms with E-state index in [9.17, 15) is 9.13 Å². The Bertz CT molecular complexity index is 194. The van der Waals surface area contributed by atoms with Crippen LogP contribution in [-0.4, -0.2) is 24.5 Å². The van der Waals surface area contributed by atoms with Crippen molar-refractivity contribution in [3.8, 4) is 0 Å². The molecule has 0 saturated carbocycles. The fourth-order valence-electron chi connectivity index (χ4n) is 0.197. The number of phosphoric acid groups is 2. The third kappa shape index (κ3) is 8.70. The maximum absolute atomic E-state index is 9.92. The highest BCUT2D eigenvalue weighted by Crippen LogP contribution is 2.59. The minimum absolute atomic E-state index is 3.28. The molecule has 74 valence electrons. The van der Waals surface area contributed by atoms with Gasteiger partial charge in [-0.1, -0.05) is 0 Å². The molecule has 0 amide bonds. The van der Waals surface area contributed by atoms with E-state index in [0.717, 1.165) is 0 Å². The smallest absolute Gasteiger partial charge is 0.327 e. The van der Waals surface area contributed by atoms with E-state index in [4.69, 9.17) is 24.5 Å². The van der Waals surface area contributed by atoms with E-state index in [1.807, 2.05) is 0 Å². The maximum Gasteiger partial charge on any atom is 0.476 e. The molecule has 9 nitrogen and oxygen atoms in total. The maximum atomic E-state index is 9.92. The van der Waals surface area contributed by atoms with Crippen molar-refractivity contribution in [3.63, 3.8) is 0 Å². The van der Waals surface area contributed by atoms with Crippen molar-refractivity contribution in [3.05, 3.63) is 0 Å².